The molecule has 0 fully saturated rings. The fourth-order valence-corrected chi connectivity index (χ4v) is 3.07. The molecule has 0 atom stereocenters. The second-order valence-electron chi connectivity index (χ2n) is 10.6. The number of hydrogen-bond donors (Lipinski definition) is 2. The minimum Gasteiger partial charge on any atom is -0.505 e. The van der Waals surface area contributed by atoms with Gasteiger partial charge >= 0.3 is 0 Å². The number of aryl methyl sites for hydroxylation is 2. The van der Waals surface area contributed by atoms with Gasteiger partial charge in [-0.2, -0.15) is 0 Å². The second-order valence-corrected chi connectivity index (χ2v) is 10.6. The number of benzene rings is 2. The molecule has 0 saturated heterocycles. The topological polar surface area (TPSA) is 46.9 Å². The van der Waals surface area contributed by atoms with Crippen molar-refractivity contribution in [1.29, 1.82) is 0 Å². The summed E-state index contributed by atoms with van der Waals surface area (Å²) in [5, 5.41) is 19.8. The Morgan fingerprint density at radius 1 is 0.576 bits per heavy atom. The minimum atomic E-state index is 0. The molecule has 4 nitrogen and oxygen atoms in total. The summed E-state index contributed by atoms with van der Waals surface area (Å²) in [7, 11) is 7.78. The summed E-state index contributed by atoms with van der Waals surface area (Å²) in [4.78, 5) is 3.88. The Bertz CT molecular complexity index is 814. The first kappa shape index (κ1) is 36.7. The van der Waals surface area contributed by atoms with Crippen LogP contribution in [-0.4, -0.2) is 38.4 Å². The first-order chi connectivity index (χ1) is 13.5. The van der Waals surface area contributed by atoms with Crippen molar-refractivity contribution in [2.24, 2.45) is 0 Å². The van der Waals surface area contributed by atoms with Crippen molar-refractivity contribution >= 4 is 36.2 Å². The molecule has 2 rings (SSSR count). The van der Waals surface area contributed by atoms with Crippen molar-refractivity contribution in [3.63, 3.8) is 0 Å². The molecule has 7 heteroatoms. The van der Waals surface area contributed by atoms with Gasteiger partial charge in [-0.05, 0) is 59.1 Å². The van der Waals surface area contributed by atoms with E-state index in [0.29, 0.717) is 11.5 Å². The summed E-state index contributed by atoms with van der Waals surface area (Å²) in [6, 6.07) is 8.23. The van der Waals surface area contributed by atoms with Gasteiger partial charge in [0.1, 0.15) is 11.5 Å². The molecule has 33 heavy (non-hydrogen) atoms. The van der Waals surface area contributed by atoms with Gasteiger partial charge in [-0.25, -0.2) is 0 Å². The van der Waals surface area contributed by atoms with Crippen molar-refractivity contribution in [3.05, 3.63) is 46.5 Å². The van der Waals surface area contributed by atoms with E-state index in [1.165, 1.54) is 11.1 Å². The normalized spacial score (nSPS) is 10.5. The summed E-state index contributed by atoms with van der Waals surface area (Å²) in [6.07, 6.45) is 0. The first-order valence-electron chi connectivity index (χ1n) is 10.5. The number of nitrogens with zero attached hydrogens (tertiary/aromatic N) is 2. The summed E-state index contributed by atoms with van der Waals surface area (Å²) in [5.41, 5.74) is 6.38. The van der Waals surface area contributed by atoms with E-state index in [1.54, 1.807) is 0 Å². The Kier molecular flexibility index (Phi) is 15.4. The number of anilines is 2. The van der Waals surface area contributed by atoms with Crippen LogP contribution in [0.5, 0.6) is 11.5 Å². The Hall–Kier alpha value is -0.897. The third-order valence-electron chi connectivity index (χ3n) is 5.26. The van der Waals surface area contributed by atoms with E-state index in [-0.39, 0.29) is 61.8 Å². The van der Waals surface area contributed by atoms with Crippen LogP contribution in [0.3, 0.4) is 0 Å². The molecule has 0 spiro atoms. The largest absolute Gasteiger partial charge is 0.505 e. The zero-order valence-electron chi connectivity index (χ0n) is 22.4. The van der Waals surface area contributed by atoms with Crippen LogP contribution in [-0.2, 0) is 37.0 Å². The molecule has 0 amide bonds. The van der Waals surface area contributed by atoms with Gasteiger partial charge in [-0.3, -0.25) is 0 Å². The average molecular weight is 579 g/mol. The van der Waals surface area contributed by atoms with Crippen LogP contribution in [0, 0.1) is 13.8 Å². The van der Waals surface area contributed by atoms with Gasteiger partial charge in [0, 0.05) is 54.4 Å². The zero-order chi connectivity index (χ0) is 23.6. The number of phenols is 2. The van der Waals surface area contributed by atoms with Crippen LogP contribution >= 0.6 is 24.8 Å². The molecule has 2 aromatic carbocycles. The number of halogens is 2. The summed E-state index contributed by atoms with van der Waals surface area (Å²) in [5.74, 6) is 0.765. The maximum Gasteiger partial charge on any atom is 0.141 e. The molecular formula is C26H44Cl2N2O2Zr. The predicted molar refractivity (Wildman–Crippen MR) is 146 cm³/mol. The molecule has 2 N–H and O–H groups in total. The van der Waals surface area contributed by atoms with E-state index in [4.69, 9.17) is 0 Å². The predicted octanol–water partition coefficient (Wildman–Crippen LogP) is 6.97. The van der Waals surface area contributed by atoms with Gasteiger partial charge in [0.15, 0.2) is 0 Å². The standard InChI is InChI=1S/2C13H21NO.2ClH.Zr/c2*1-9-7-10(13(2,3)4)8-11(12(9)15)14(5)6;;;/h2*7-8,15H,1-6H3;2*1H;. The van der Waals surface area contributed by atoms with Gasteiger partial charge in [0.25, 0.3) is 0 Å². The third kappa shape index (κ3) is 10.1. The number of hydrogen-bond acceptors (Lipinski definition) is 4. The van der Waals surface area contributed by atoms with Gasteiger partial charge in [-0.1, -0.05) is 53.7 Å². The van der Waals surface area contributed by atoms with E-state index in [9.17, 15) is 10.2 Å². The third-order valence-corrected chi connectivity index (χ3v) is 5.26. The van der Waals surface area contributed by atoms with Gasteiger partial charge in [0.05, 0.1) is 11.4 Å². The summed E-state index contributed by atoms with van der Waals surface area (Å²) in [6.45, 7) is 17.0. The number of aromatic hydroxyl groups is 2. The molecule has 0 bridgehead atoms. The van der Waals surface area contributed by atoms with Crippen molar-refractivity contribution in [2.75, 3.05) is 38.0 Å². The molecule has 0 aliphatic carbocycles. The van der Waals surface area contributed by atoms with E-state index in [2.05, 4.69) is 65.8 Å². The number of phenolic OH excluding ortho intramolecular Hbond substituents is 2. The van der Waals surface area contributed by atoms with Crippen LogP contribution in [0.25, 0.3) is 0 Å². The molecule has 0 unspecified atom stereocenters. The monoisotopic (exact) mass is 576 g/mol. The van der Waals surface area contributed by atoms with E-state index >= 15 is 0 Å². The molecule has 188 valence electrons. The average Bonchev–Trinajstić information content (AvgIpc) is 2.57. The molecule has 0 saturated carbocycles. The fraction of sp³-hybridized carbons (Fsp3) is 0.538. The Morgan fingerprint density at radius 2 is 0.818 bits per heavy atom. The van der Waals surface area contributed by atoms with E-state index < -0.39 is 0 Å². The van der Waals surface area contributed by atoms with Crippen LogP contribution in [0.4, 0.5) is 11.4 Å². The molecule has 0 aromatic heterocycles. The molecule has 0 aliphatic heterocycles. The molecular weight excluding hydrogens is 534 g/mol. The fourth-order valence-electron chi connectivity index (χ4n) is 3.07. The van der Waals surface area contributed by atoms with Gasteiger partial charge < -0.3 is 20.0 Å². The van der Waals surface area contributed by atoms with Crippen LogP contribution < -0.4 is 9.80 Å². The second kappa shape index (κ2) is 13.9. The van der Waals surface area contributed by atoms with Gasteiger partial charge in [-0.15, -0.1) is 24.8 Å². The SMILES string of the molecule is Cc1cc(C(C)(C)C)cc(N(C)C)c1O.Cc1cc(C(C)(C)C)cc(N(C)C)c1O.Cl.Cl.[Zr]. The minimum absolute atomic E-state index is 0. The summed E-state index contributed by atoms with van der Waals surface area (Å²) >= 11 is 0. The molecule has 0 heterocycles. The first-order valence-corrected chi connectivity index (χ1v) is 10.5. The van der Waals surface area contributed by atoms with Crippen molar-refractivity contribution in [1.82, 2.24) is 0 Å². The van der Waals surface area contributed by atoms with Crippen LogP contribution in [0.15, 0.2) is 24.3 Å². The summed E-state index contributed by atoms with van der Waals surface area (Å²) < 4.78 is 0. The maximum atomic E-state index is 9.92. The van der Waals surface area contributed by atoms with E-state index in [0.717, 1.165) is 22.5 Å². The quantitative estimate of drug-likeness (QED) is 0.404. The van der Waals surface area contributed by atoms with Crippen molar-refractivity contribution in [2.45, 2.75) is 66.2 Å². The number of rotatable bonds is 2. The Balaban J connectivity index is -0.000000500. The maximum absolute atomic E-state index is 9.92. The van der Waals surface area contributed by atoms with E-state index in [1.807, 2.05) is 51.8 Å². The van der Waals surface area contributed by atoms with Crippen LogP contribution in [0.1, 0.15) is 63.8 Å². The zero-order valence-corrected chi connectivity index (χ0v) is 26.5. The van der Waals surface area contributed by atoms with Crippen LogP contribution in [0.2, 0.25) is 0 Å². The Morgan fingerprint density at radius 3 is 1.00 bits per heavy atom. The van der Waals surface area contributed by atoms with Crippen molar-refractivity contribution in [3.8, 4) is 11.5 Å². The molecule has 0 aliphatic rings. The molecule has 2 aromatic rings. The Labute approximate surface area is 233 Å². The van der Waals surface area contributed by atoms with Gasteiger partial charge in [0.2, 0.25) is 0 Å². The smallest absolute Gasteiger partial charge is 0.141 e. The molecule has 0 radical (unpaired) electrons. The van der Waals surface area contributed by atoms with Crippen molar-refractivity contribution < 1.29 is 36.4 Å².